The Hall–Kier alpha value is -1.50. The summed E-state index contributed by atoms with van der Waals surface area (Å²) in [6, 6.07) is 2.55. The third kappa shape index (κ3) is 4.40. The van der Waals surface area contributed by atoms with Crippen molar-refractivity contribution in [2.24, 2.45) is 0 Å². The first-order chi connectivity index (χ1) is 8.30. The third-order valence-corrected chi connectivity index (χ3v) is 2.66. The second kappa shape index (κ2) is 5.90. The molecule has 0 bridgehead atoms. The Labute approximate surface area is 106 Å². The Morgan fingerprint density at radius 3 is 2.72 bits per heavy atom. The van der Waals surface area contributed by atoms with Gasteiger partial charge in [-0.3, -0.25) is 4.79 Å². The molecule has 1 aromatic rings. The number of pyridine rings is 1. The summed E-state index contributed by atoms with van der Waals surface area (Å²) < 4.78 is 38.0. The zero-order chi connectivity index (χ0) is 13.8. The summed E-state index contributed by atoms with van der Waals surface area (Å²) in [7, 11) is 0. The summed E-state index contributed by atoms with van der Waals surface area (Å²) >= 11 is 1.01. The number of halogens is 3. The molecule has 2 N–H and O–H groups in total. The number of anilines is 1. The van der Waals surface area contributed by atoms with E-state index in [1.165, 1.54) is 31.2 Å². The Morgan fingerprint density at radius 2 is 2.17 bits per heavy atom. The normalized spacial score (nSPS) is 12.0. The molecule has 0 saturated heterocycles. The molecule has 0 aliphatic carbocycles. The molecule has 0 aliphatic heterocycles. The van der Waals surface area contributed by atoms with E-state index < -0.39 is 11.9 Å². The van der Waals surface area contributed by atoms with Gasteiger partial charge in [0.1, 0.15) is 5.82 Å². The predicted molar refractivity (Wildman–Crippen MR) is 65.8 cm³/mol. The van der Waals surface area contributed by atoms with Gasteiger partial charge >= 0.3 is 6.18 Å². The summed E-state index contributed by atoms with van der Waals surface area (Å²) in [5.41, 5.74) is 4.14. The minimum absolute atomic E-state index is 0.0687. The monoisotopic (exact) mass is 276 g/mol. The largest absolute Gasteiger partial charge is 0.434 e. The maximum absolute atomic E-state index is 12.7. The number of thioether (sulfide) groups is 1. The molecule has 0 radical (unpaired) electrons. The van der Waals surface area contributed by atoms with Crippen LogP contribution in [0.25, 0.3) is 6.08 Å². The first-order valence-electron chi connectivity index (χ1n) is 4.94. The molecule has 0 aromatic carbocycles. The van der Waals surface area contributed by atoms with Crippen molar-refractivity contribution in [2.75, 3.05) is 11.5 Å². The molecule has 3 nitrogen and oxygen atoms in total. The number of nitrogen functional groups attached to an aromatic ring is 1. The van der Waals surface area contributed by atoms with Crippen LogP contribution in [-0.4, -0.2) is 15.9 Å². The molecule has 0 amide bonds. The van der Waals surface area contributed by atoms with Crippen molar-refractivity contribution in [1.29, 1.82) is 0 Å². The van der Waals surface area contributed by atoms with Gasteiger partial charge in [-0.05, 0) is 12.1 Å². The fourth-order valence-electron chi connectivity index (χ4n) is 1.19. The Bertz CT molecular complexity index is 472. The van der Waals surface area contributed by atoms with Crippen LogP contribution in [0.15, 0.2) is 18.2 Å². The van der Waals surface area contributed by atoms with E-state index in [1.807, 2.05) is 0 Å². The van der Waals surface area contributed by atoms with Gasteiger partial charge in [-0.15, -0.1) is 0 Å². The van der Waals surface area contributed by atoms with Gasteiger partial charge in [0, 0.05) is 18.2 Å². The lowest BCUT2D eigenvalue weighted by Crippen LogP contribution is -2.11. The van der Waals surface area contributed by atoms with Crippen molar-refractivity contribution in [1.82, 2.24) is 4.98 Å². The number of hydrogen-bond acceptors (Lipinski definition) is 4. The molecule has 0 spiro atoms. The molecule has 18 heavy (non-hydrogen) atoms. The minimum Gasteiger partial charge on any atom is -0.384 e. The van der Waals surface area contributed by atoms with Crippen LogP contribution >= 0.6 is 11.8 Å². The predicted octanol–water partition coefficient (Wildman–Crippen LogP) is 2.98. The second-order valence-electron chi connectivity index (χ2n) is 3.38. The molecular formula is C11H11F3N2OS. The van der Waals surface area contributed by atoms with Crippen LogP contribution in [0.1, 0.15) is 18.2 Å². The summed E-state index contributed by atoms with van der Waals surface area (Å²) in [4.78, 5) is 13.9. The first kappa shape index (κ1) is 14.6. The summed E-state index contributed by atoms with van der Waals surface area (Å²) in [5.74, 6) is 0.134. The lowest BCUT2D eigenvalue weighted by atomic mass is 10.1. The molecule has 98 valence electrons. The van der Waals surface area contributed by atoms with Crippen LogP contribution in [0.5, 0.6) is 0 Å². The average Bonchev–Trinajstić information content (AvgIpc) is 2.24. The van der Waals surface area contributed by atoms with E-state index in [-0.39, 0.29) is 16.5 Å². The maximum atomic E-state index is 12.7. The lowest BCUT2D eigenvalue weighted by molar-refractivity contribution is -0.141. The number of carbonyl (C=O) groups is 1. The first-order valence-corrected chi connectivity index (χ1v) is 5.93. The van der Waals surface area contributed by atoms with Crippen LogP contribution < -0.4 is 5.73 Å². The van der Waals surface area contributed by atoms with Crippen LogP contribution in [-0.2, 0) is 11.0 Å². The number of alkyl halides is 3. The fraction of sp³-hybridized carbons (Fsp3) is 0.273. The van der Waals surface area contributed by atoms with E-state index in [0.717, 1.165) is 11.8 Å². The number of aromatic nitrogens is 1. The summed E-state index contributed by atoms with van der Waals surface area (Å²) in [6.45, 7) is 1.39. The van der Waals surface area contributed by atoms with Gasteiger partial charge in [0.15, 0.2) is 10.8 Å². The lowest BCUT2D eigenvalue weighted by Gasteiger charge is -2.09. The Balaban J connectivity index is 2.92. The molecule has 0 unspecified atom stereocenters. The van der Waals surface area contributed by atoms with Gasteiger partial charge < -0.3 is 5.73 Å². The van der Waals surface area contributed by atoms with E-state index in [0.29, 0.717) is 5.75 Å². The van der Waals surface area contributed by atoms with E-state index in [9.17, 15) is 18.0 Å². The van der Waals surface area contributed by atoms with Gasteiger partial charge in [-0.2, -0.15) is 13.2 Å². The average molecular weight is 276 g/mol. The van der Waals surface area contributed by atoms with Gasteiger partial charge in [0.2, 0.25) is 0 Å². The smallest absolute Gasteiger partial charge is 0.384 e. The molecular weight excluding hydrogens is 265 g/mol. The van der Waals surface area contributed by atoms with Crippen LogP contribution in [0.4, 0.5) is 19.0 Å². The second-order valence-corrected chi connectivity index (χ2v) is 4.57. The standard InChI is InChI=1S/C11H11F3N2OS/c1-7(17)18-6-2-3-8-4-5-9(15)16-10(8)11(12,13)14/h2-5H,6H2,1H3,(H2,15,16). The van der Waals surface area contributed by atoms with Crippen LogP contribution in [0.3, 0.4) is 0 Å². The van der Waals surface area contributed by atoms with E-state index in [1.54, 1.807) is 0 Å². The molecule has 0 aliphatic rings. The molecule has 1 rings (SSSR count). The highest BCUT2D eigenvalue weighted by molar-refractivity contribution is 8.13. The molecule has 7 heteroatoms. The highest BCUT2D eigenvalue weighted by Gasteiger charge is 2.34. The zero-order valence-electron chi connectivity index (χ0n) is 9.49. The van der Waals surface area contributed by atoms with Crippen LogP contribution in [0, 0.1) is 0 Å². The number of nitrogens with two attached hydrogens (primary N) is 1. The number of carbonyl (C=O) groups excluding carboxylic acids is 1. The van der Waals surface area contributed by atoms with Crippen molar-refractivity contribution < 1.29 is 18.0 Å². The van der Waals surface area contributed by atoms with E-state index in [4.69, 9.17) is 5.73 Å². The number of rotatable bonds is 3. The molecule has 0 saturated carbocycles. The zero-order valence-corrected chi connectivity index (χ0v) is 10.3. The SMILES string of the molecule is CC(=O)SCC=Cc1ccc(N)nc1C(F)(F)F. The molecule has 0 fully saturated rings. The number of nitrogens with zero attached hydrogens (tertiary/aromatic N) is 1. The maximum Gasteiger partial charge on any atom is 0.434 e. The van der Waals surface area contributed by atoms with Crippen LogP contribution in [0.2, 0.25) is 0 Å². The summed E-state index contributed by atoms with van der Waals surface area (Å²) in [6.07, 6.45) is -1.79. The van der Waals surface area contributed by atoms with E-state index >= 15 is 0 Å². The topological polar surface area (TPSA) is 56.0 Å². The van der Waals surface area contributed by atoms with Gasteiger partial charge in [-0.25, -0.2) is 4.98 Å². The highest BCUT2D eigenvalue weighted by Crippen LogP contribution is 2.31. The minimum atomic E-state index is -4.55. The Kier molecular flexibility index (Phi) is 4.77. The van der Waals surface area contributed by atoms with Crippen molar-refractivity contribution in [3.63, 3.8) is 0 Å². The number of hydrogen-bond donors (Lipinski definition) is 1. The van der Waals surface area contributed by atoms with Gasteiger partial charge in [0.25, 0.3) is 0 Å². The quantitative estimate of drug-likeness (QED) is 0.922. The Morgan fingerprint density at radius 1 is 1.50 bits per heavy atom. The molecule has 1 heterocycles. The fourth-order valence-corrected chi connectivity index (χ4v) is 1.61. The van der Waals surface area contributed by atoms with Gasteiger partial charge in [-0.1, -0.05) is 23.9 Å². The highest BCUT2D eigenvalue weighted by atomic mass is 32.2. The van der Waals surface area contributed by atoms with Gasteiger partial charge in [0.05, 0.1) is 0 Å². The van der Waals surface area contributed by atoms with Crippen molar-refractivity contribution in [2.45, 2.75) is 13.1 Å². The van der Waals surface area contributed by atoms with E-state index in [2.05, 4.69) is 4.98 Å². The third-order valence-electron chi connectivity index (χ3n) is 1.90. The van der Waals surface area contributed by atoms with Crippen molar-refractivity contribution >= 4 is 28.8 Å². The molecule has 1 aromatic heterocycles. The van der Waals surface area contributed by atoms with Crippen molar-refractivity contribution in [3.05, 3.63) is 29.5 Å². The van der Waals surface area contributed by atoms with Crippen molar-refractivity contribution in [3.8, 4) is 0 Å². The molecule has 0 atom stereocenters. The summed E-state index contributed by atoms with van der Waals surface area (Å²) in [5, 5.41) is -0.0916.